The van der Waals surface area contributed by atoms with Gasteiger partial charge < -0.3 is 24.5 Å². The van der Waals surface area contributed by atoms with Crippen molar-refractivity contribution >= 4 is 22.6 Å². The van der Waals surface area contributed by atoms with E-state index in [1.807, 2.05) is 79.7 Å². The Bertz CT molecular complexity index is 1290. The number of imidazole rings is 1. The zero-order chi connectivity index (χ0) is 24.3. The topological polar surface area (TPSA) is 85.5 Å². The van der Waals surface area contributed by atoms with Crippen molar-refractivity contribution in [1.82, 2.24) is 9.97 Å². The molecule has 0 aliphatic rings. The van der Waals surface area contributed by atoms with E-state index < -0.39 is 5.91 Å². The second-order valence-corrected chi connectivity index (χ2v) is 7.54. The number of carbonyl (C=O) groups excluding carboxylic acids is 1. The summed E-state index contributed by atoms with van der Waals surface area (Å²) in [6, 6.07) is 22.7. The third kappa shape index (κ3) is 6.93. The van der Waals surface area contributed by atoms with Gasteiger partial charge in [0.1, 0.15) is 18.2 Å². The zero-order valence-corrected chi connectivity index (χ0v) is 19.5. The van der Waals surface area contributed by atoms with Gasteiger partial charge in [0.05, 0.1) is 36.5 Å². The number of H-pyrrole nitrogens is 1. The summed E-state index contributed by atoms with van der Waals surface area (Å²) in [5, 5.41) is 2.85. The predicted octanol–water partition coefficient (Wildman–Crippen LogP) is 4.65. The average molecular weight is 470 g/mol. The lowest BCUT2D eigenvalue weighted by Gasteiger charge is -2.13. The van der Waals surface area contributed by atoms with Gasteiger partial charge in [-0.15, -0.1) is 0 Å². The smallest absolute Gasteiger partial charge is 0.300 e. The summed E-state index contributed by atoms with van der Waals surface area (Å²) in [7, 11) is 0. The SMILES string of the molecule is CCOCCOCCOc1ccc(-c2nc3ccccc3[nH]2)cc1NC(=O)C#Cc1ccccc1. The fraction of sp³-hybridized carbons (Fsp3) is 0.214. The molecule has 178 valence electrons. The van der Waals surface area contributed by atoms with Crippen LogP contribution in [0, 0.1) is 11.8 Å². The molecule has 35 heavy (non-hydrogen) atoms. The number of benzene rings is 3. The van der Waals surface area contributed by atoms with E-state index in [9.17, 15) is 4.79 Å². The standard InChI is InChI=1S/C28H27N3O4/c1-2-33-16-17-34-18-19-35-26-14-13-22(28-30-23-10-6-7-11-24(23)31-28)20-25(26)29-27(32)15-12-21-8-4-3-5-9-21/h3-11,13-14,20H,2,16-19H2,1H3,(H,29,32)(H,30,31). The van der Waals surface area contributed by atoms with E-state index in [1.165, 1.54) is 0 Å². The molecule has 0 aliphatic heterocycles. The summed E-state index contributed by atoms with van der Waals surface area (Å²) in [4.78, 5) is 20.6. The maximum Gasteiger partial charge on any atom is 0.300 e. The number of ether oxygens (including phenoxy) is 3. The van der Waals surface area contributed by atoms with Gasteiger partial charge >= 0.3 is 5.91 Å². The number of hydrogen-bond acceptors (Lipinski definition) is 5. The fourth-order valence-corrected chi connectivity index (χ4v) is 3.37. The van der Waals surface area contributed by atoms with Gasteiger partial charge in [-0.2, -0.15) is 0 Å². The number of aromatic nitrogens is 2. The first-order valence-electron chi connectivity index (χ1n) is 11.5. The maximum atomic E-state index is 12.6. The van der Waals surface area contributed by atoms with Crippen LogP contribution in [0.4, 0.5) is 5.69 Å². The summed E-state index contributed by atoms with van der Waals surface area (Å²) in [5.74, 6) is 6.29. The van der Waals surface area contributed by atoms with Gasteiger partial charge in [0, 0.05) is 23.7 Å². The van der Waals surface area contributed by atoms with E-state index in [1.54, 1.807) is 0 Å². The third-order valence-electron chi connectivity index (χ3n) is 5.05. The molecule has 4 aromatic rings. The molecule has 0 bridgehead atoms. The van der Waals surface area contributed by atoms with Crippen molar-refractivity contribution in [3.8, 4) is 29.0 Å². The lowest BCUT2D eigenvalue weighted by Crippen LogP contribution is -2.13. The first-order chi connectivity index (χ1) is 17.2. The highest BCUT2D eigenvalue weighted by Crippen LogP contribution is 2.30. The summed E-state index contributed by atoms with van der Waals surface area (Å²) in [6.45, 7) is 4.38. The van der Waals surface area contributed by atoms with Crippen molar-refractivity contribution in [2.24, 2.45) is 0 Å². The van der Waals surface area contributed by atoms with E-state index >= 15 is 0 Å². The molecule has 2 N–H and O–H groups in total. The highest BCUT2D eigenvalue weighted by Gasteiger charge is 2.12. The van der Waals surface area contributed by atoms with Crippen LogP contribution >= 0.6 is 0 Å². The summed E-state index contributed by atoms with van der Waals surface area (Å²) in [6.07, 6.45) is 0. The van der Waals surface area contributed by atoms with E-state index in [0.717, 1.165) is 22.2 Å². The Kier molecular flexibility index (Phi) is 8.49. The molecule has 4 rings (SSSR count). The highest BCUT2D eigenvalue weighted by molar-refractivity contribution is 6.05. The lowest BCUT2D eigenvalue weighted by atomic mass is 10.1. The van der Waals surface area contributed by atoms with E-state index in [4.69, 9.17) is 14.2 Å². The Labute approximate surface area is 204 Å². The Balaban J connectivity index is 1.50. The Hall–Kier alpha value is -4.12. The van der Waals surface area contributed by atoms with Crippen LogP contribution in [0.2, 0.25) is 0 Å². The molecule has 0 spiro atoms. The van der Waals surface area contributed by atoms with Crippen molar-refractivity contribution in [2.45, 2.75) is 6.92 Å². The molecule has 1 amide bonds. The van der Waals surface area contributed by atoms with Crippen LogP contribution < -0.4 is 10.1 Å². The van der Waals surface area contributed by atoms with Gasteiger partial charge in [0.2, 0.25) is 0 Å². The summed E-state index contributed by atoms with van der Waals surface area (Å²) >= 11 is 0. The lowest BCUT2D eigenvalue weighted by molar-refractivity contribution is -0.111. The van der Waals surface area contributed by atoms with Gasteiger partial charge in [-0.05, 0) is 49.4 Å². The second-order valence-electron chi connectivity index (χ2n) is 7.54. The molecular formula is C28H27N3O4. The minimum atomic E-state index is -0.437. The molecule has 0 saturated carbocycles. The van der Waals surface area contributed by atoms with Crippen LogP contribution in [0.5, 0.6) is 5.75 Å². The zero-order valence-electron chi connectivity index (χ0n) is 19.5. The summed E-state index contributed by atoms with van der Waals surface area (Å²) in [5.41, 5.74) is 3.88. The van der Waals surface area contributed by atoms with Gasteiger partial charge in [0.15, 0.2) is 0 Å². The van der Waals surface area contributed by atoms with E-state index in [2.05, 4.69) is 27.1 Å². The molecule has 0 radical (unpaired) electrons. The van der Waals surface area contributed by atoms with Gasteiger partial charge in [-0.1, -0.05) is 36.3 Å². The predicted molar refractivity (Wildman–Crippen MR) is 136 cm³/mol. The molecule has 0 fully saturated rings. The number of anilines is 1. The second kappa shape index (κ2) is 12.4. The quantitative estimate of drug-likeness (QED) is 0.261. The van der Waals surface area contributed by atoms with Crippen LogP contribution in [0.25, 0.3) is 22.4 Å². The summed E-state index contributed by atoms with van der Waals surface area (Å²) < 4.78 is 16.7. The number of hydrogen-bond donors (Lipinski definition) is 2. The van der Waals surface area contributed by atoms with Crippen LogP contribution in [-0.2, 0) is 14.3 Å². The minimum Gasteiger partial charge on any atom is -0.489 e. The average Bonchev–Trinajstić information content (AvgIpc) is 3.33. The number of nitrogens with zero attached hydrogens (tertiary/aromatic N) is 1. The van der Waals surface area contributed by atoms with Crippen molar-refractivity contribution in [2.75, 3.05) is 38.4 Å². The van der Waals surface area contributed by atoms with Gasteiger partial charge in [0.25, 0.3) is 0 Å². The van der Waals surface area contributed by atoms with Crippen LogP contribution in [0.3, 0.4) is 0 Å². The molecule has 1 heterocycles. The number of fused-ring (bicyclic) bond motifs is 1. The first kappa shape index (κ1) is 24.0. The third-order valence-corrected chi connectivity index (χ3v) is 5.05. The Morgan fingerprint density at radius 1 is 0.943 bits per heavy atom. The van der Waals surface area contributed by atoms with E-state index in [0.29, 0.717) is 50.3 Å². The van der Waals surface area contributed by atoms with Crippen LogP contribution in [-0.4, -0.2) is 48.9 Å². The normalized spacial score (nSPS) is 10.5. The van der Waals surface area contributed by atoms with E-state index in [-0.39, 0.29) is 0 Å². The largest absolute Gasteiger partial charge is 0.489 e. The molecule has 1 aromatic heterocycles. The molecule has 7 nitrogen and oxygen atoms in total. The van der Waals surface area contributed by atoms with Crippen molar-refractivity contribution in [3.63, 3.8) is 0 Å². The van der Waals surface area contributed by atoms with Crippen molar-refractivity contribution in [3.05, 3.63) is 78.4 Å². The highest BCUT2D eigenvalue weighted by atomic mass is 16.5. The van der Waals surface area contributed by atoms with Crippen molar-refractivity contribution < 1.29 is 19.0 Å². The molecule has 0 atom stereocenters. The Morgan fingerprint density at radius 2 is 1.71 bits per heavy atom. The number of para-hydroxylation sites is 2. The number of aromatic amines is 1. The molecule has 0 aliphatic carbocycles. The van der Waals surface area contributed by atoms with Gasteiger partial charge in [-0.3, -0.25) is 4.79 Å². The monoisotopic (exact) mass is 469 g/mol. The van der Waals surface area contributed by atoms with Crippen LogP contribution in [0.15, 0.2) is 72.8 Å². The molecule has 3 aromatic carbocycles. The number of amides is 1. The Morgan fingerprint density at radius 3 is 2.54 bits per heavy atom. The molecular weight excluding hydrogens is 442 g/mol. The molecule has 7 heteroatoms. The number of carbonyl (C=O) groups is 1. The maximum absolute atomic E-state index is 12.6. The molecule has 0 unspecified atom stereocenters. The first-order valence-corrected chi connectivity index (χ1v) is 11.5. The number of rotatable bonds is 10. The fourth-order valence-electron chi connectivity index (χ4n) is 3.37. The van der Waals surface area contributed by atoms with Gasteiger partial charge in [-0.25, -0.2) is 4.98 Å². The van der Waals surface area contributed by atoms with Crippen molar-refractivity contribution in [1.29, 1.82) is 0 Å². The number of nitrogens with one attached hydrogen (secondary N) is 2. The van der Waals surface area contributed by atoms with Crippen LogP contribution in [0.1, 0.15) is 12.5 Å². The minimum absolute atomic E-state index is 0.328. The molecule has 0 saturated heterocycles.